The maximum absolute atomic E-state index is 12.0. The first-order valence-corrected chi connectivity index (χ1v) is 5.48. The number of Topliss-reactive ketones (excluding diaryl/α,β-unsaturated/α-hetero) is 1. The number of ketones is 1. The van der Waals surface area contributed by atoms with Crippen molar-refractivity contribution in [1.82, 2.24) is 4.90 Å². The fourth-order valence-corrected chi connectivity index (χ4v) is 2.12. The first-order valence-electron chi connectivity index (χ1n) is 5.48. The van der Waals surface area contributed by atoms with Crippen molar-refractivity contribution in [3.05, 3.63) is 35.4 Å². The average Bonchev–Trinajstić information content (AvgIpc) is 2.51. The van der Waals surface area contributed by atoms with Gasteiger partial charge in [0, 0.05) is 12.5 Å². The second-order valence-corrected chi connectivity index (χ2v) is 4.28. The molecule has 0 spiro atoms. The predicted molar refractivity (Wildman–Crippen MR) is 61.7 cm³/mol. The molecule has 1 heterocycles. The Bertz CT molecular complexity index is 472. The molecule has 4 heteroatoms. The Morgan fingerprint density at radius 1 is 1.18 bits per heavy atom. The summed E-state index contributed by atoms with van der Waals surface area (Å²) in [6, 6.07) is 6.33. The van der Waals surface area contributed by atoms with Gasteiger partial charge in [-0.25, -0.2) is 0 Å². The number of hydrogen-bond donors (Lipinski definition) is 0. The molecule has 0 fully saturated rings. The first kappa shape index (κ1) is 11.5. The zero-order valence-corrected chi connectivity index (χ0v) is 9.77. The molecule has 1 aliphatic rings. The van der Waals surface area contributed by atoms with Gasteiger partial charge in [0.05, 0.1) is 11.1 Å². The molecule has 0 bridgehead atoms. The minimum atomic E-state index is -0.389. The number of rotatable bonds is 3. The summed E-state index contributed by atoms with van der Waals surface area (Å²) in [5.41, 5.74) is 0.848. The molecule has 88 valence electrons. The van der Waals surface area contributed by atoms with Gasteiger partial charge in [-0.05, 0) is 26.0 Å². The molecule has 0 saturated heterocycles. The monoisotopic (exact) mass is 231 g/mol. The molecule has 2 amide bonds. The molecule has 4 nitrogen and oxygen atoms in total. The molecule has 0 aliphatic carbocycles. The molecule has 1 aromatic rings. The van der Waals surface area contributed by atoms with Gasteiger partial charge >= 0.3 is 0 Å². The highest BCUT2D eigenvalue weighted by Gasteiger charge is 2.38. The van der Waals surface area contributed by atoms with Gasteiger partial charge in [0.1, 0.15) is 5.78 Å². The van der Waals surface area contributed by atoms with Gasteiger partial charge in [0.2, 0.25) is 0 Å². The zero-order chi connectivity index (χ0) is 12.6. The molecule has 0 saturated carbocycles. The van der Waals surface area contributed by atoms with Crippen molar-refractivity contribution in [2.45, 2.75) is 26.3 Å². The number of carbonyl (C=O) groups is 3. The van der Waals surface area contributed by atoms with Crippen LogP contribution in [-0.4, -0.2) is 28.5 Å². The summed E-state index contributed by atoms with van der Waals surface area (Å²) >= 11 is 0. The normalized spacial score (nSPS) is 16.0. The van der Waals surface area contributed by atoms with Crippen LogP contribution in [-0.2, 0) is 4.79 Å². The highest BCUT2D eigenvalue weighted by atomic mass is 16.2. The Balaban J connectivity index is 2.33. The van der Waals surface area contributed by atoms with E-state index < -0.39 is 0 Å². The lowest BCUT2D eigenvalue weighted by Crippen LogP contribution is -2.38. The van der Waals surface area contributed by atoms with Crippen LogP contribution in [0.4, 0.5) is 0 Å². The Hall–Kier alpha value is -1.97. The summed E-state index contributed by atoms with van der Waals surface area (Å²) in [4.78, 5) is 36.3. The number of benzene rings is 1. The van der Waals surface area contributed by atoms with Gasteiger partial charge in [-0.15, -0.1) is 0 Å². The minimum Gasteiger partial charge on any atom is -0.300 e. The Labute approximate surface area is 99.2 Å². The molecule has 2 rings (SSSR count). The highest BCUT2D eigenvalue weighted by Crippen LogP contribution is 2.25. The molecule has 1 aliphatic heterocycles. The standard InChI is InChI=1S/C13H13NO3/c1-8(7-9(2)15)14-12(16)10-5-3-4-6-11(10)13(14)17/h3-6,8H,7H2,1-2H3/t8-/m1/s1. The molecule has 0 N–H and O–H groups in total. The van der Waals surface area contributed by atoms with E-state index in [0.717, 1.165) is 0 Å². The number of carbonyl (C=O) groups excluding carboxylic acids is 3. The third-order valence-electron chi connectivity index (χ3n) is 2.85. The minimum absolute atomic E-state index is 0.0333. The number of imide groups is 1. The van der Waals surface area contributed by atoms with Crippen LogP contribution in [0.15, 0.2) is 24.3 Å². The van der Waals surface area contributed by atoms with Gasteiger partial charge < -0.3 is 0 Å². The zero-order valence-electron chi connectivity index (χ0n) is 9.77. The van der Waals surface area contributed by atoms with Crippen molar-refractivity contribution in [3.63, 3.8) is 0 Å². The lowest BCUT2D eigenvalue weighted by atomic mass is 10.1. The van der Waals surface area contributed by atoms with Crippen LogP contribution in [0.2, 0.25) is 0 Å². The molecular formula is C13H13NO3. The van der Waals surface area contributed by atoms with Gasteiger partial charge in [-0.2, -0.15) is 0 Å². The smallest absolute Gasteiger partial charge is 0.261 e. The molecule has 1 atom stereocenters. The van der Waals surface area contributed by atoms with Gasteiger partial charge in [0.15, 0.2) is 0 Å². The van der Waals surface area contributed by atoms with Crippen molar-refractivity contribution in [2.75, 3.05) is 0 Å². The molecule has 17 heavy (non-hydrogen) atoms. The fourth-order valence-electron chi connectivity index (χ4n) is 2.12. The van der Waals surface area contributed by atoms with Gasteiger partial charge in [0.25, 0.3) is 11.8 Å². The lowest BCUT2D eigenvalue weighted by molar-refractivity contribution is -0.117. The van der Waals surface area contributed by atoms with Crippen LogP contribution in [0, 0.1) is 0 Å². The summed E-state index contributed by atoms with van der Waals surface area (Å²) < 4.78 is 0. The van der Waals surface area contributed by atoms with E-state index in [2.05, 4.69) is 0 Å². The highest BCUT2D eigenvalue weighted by molar-refractivity contribution is 6.21. The summed E-state index contributed by atoms with van der Waals surface area (Å²) in [6.07, 6.45) is 0.200. The molecular weight excluding hydrogens is 218 g/mol. The van der Waals surface area contributed by atoms with E-state index in [1.807, 2.05) is 0 Å². The number of fused-ring (bicyclic) bond motifs is 1. The maximum Gasteiger partial charge on any atom is 0.261 e. The predicted octanol–water partition coefficient (Wildman–Crippen LogP) is 1.65. The Morgan fingerprint density at radius 3 is 2.06 bits per heavy atom. The average molecular weight is 231 g/mol. The number of hydrogen-bond acceptors (Lipinski definition) is 3. The number of nitrogens with zero attached hydrogens (tertiary/aromatic N) is 1. The van der Waals surface area contributed by atoms with Crippen LogP contribution >= 0.6 is 0 Å². The summed E-state index contributed by atoms with van der Waals surface area (Å²) in [6.45, 7) is 3.16. The van der Waals surface area contributed by atoms with Crippen molar-refractivity contribution < 1.29 is 14.4 Å². The van der Waals surface area contributed by atoms with E-state index in [4.69, 9.17) is 0 Å². The summed E-state index contributed by atoms with van der Waals surface area (Å²) in [7, 11) is 0. The molecule has 0 radical (unpaired) electrons. The second kappa shape index (κ2) is 4.13. The van der Waals surface area contributed by atoms with E-state index in [9.17, 15) is 14.4 Å². The quantitative estimate of drug-likeness (QED) is 0.743. The Kier molecular flexibility index (Phi) is 2.79. The molecule has 0 unspecified atom stereocenters. The molecule has 0 aromatic heterocycles. The van der Waals surface area contributed by atoms with Crippen LogP contribution < -0.4 is 0 Å². The van der Waals surface area contributed by atoms with E-state index in [-0.39, 0.29) is 30.1 Å². The van der Waals surface area contributed by atoms with Crippen LogP contribution in [0.5, 0.6) is 0 Å². The number of amides is 2. The van der Waals surface area contributed by atoms with Gasteiger partial charge in [-0.3, -0.25) is 19.3 Å². The van der Waals surface area contributed by atoms with E-state index >= 15 is 0 Å². The summed E-state index contributed by atoms with van der Waals surface area (Å²) in [5, 5.41) is 0. The SMILES string of the molecule is CC(=O)C[C@@H](C)N1C(=O)c2ccccc2C1=O. The second-order valence-electron chi connectivity index (χ2n) is 4.28. The van der Waals surface area contributed by atoms with Crippen molar-refractivity contribution in [1.29, 1.82) is 0 Å². The lowest BCUT2D eigenvalue weighted by Gasteiger charge is -2.21. The molecule has 1 aromatic carbocycles. The van der Waals surface area contributed by atoms with Crippen LogP contribution in [0.25, 0.3) is 0 Å². The maximum atomic E-state index is 12.0. The first-order chi connectivity index (χ1) is 8.02. The summed E-state index contributed by atoms with van der Waals surface area (Å²) in [5.74, 6) is -0.646. The topological polar surface area (TPSA) is 54.5 Å². The van der Waals surface area contributed by atoms with E-state index in [1.165, 1.54) is 11.8 Å². The van der Waals surface area contributed by atoms with Crippen molar-refractivity contribution in [3.8, 4) is 0 Å². The van der Waals surface area contributed by atoms with Crippen LogP contribution in [0.1, 0.15) is 41.0 Å². The van der Waals surface area contributed by atoms with E-state index in [0.29, 0.717) is 11.1 Å². The van der Waals surface area contributed by atoms with Crippen molar-refractivity contribution >= 4 is 17.6 Å². The van der Waals surface area contributed by atoms with Gasteiger partial charge in [-0.1, -0.05) is 12.1 Å². The third-order valence-corrected chi connectivity index (χ3v) is 2.85. The Morgan fingerprint density at radius 2 is 1.65 bits per heavy atom. The fraction of sp³-hybridized carbons (Fsp3) is 0.308. The third kappa shape index (κ3) is 1.86. The van der Waals surface area contributed by atoms with Crippen LogP contribution in [0.3, 0.4) is 0 Å². The van der Waals surface area contributed by atoms with Crippen molar-refractivity contribution in [2.24, 2.45) is 0 Å². The largest absolute Gasteiger partial charge is 0.300 e. The van der Waals surface area contributed by atoms with E-state index in [1.54, 1.807) is 31.2 Å².